The molecule has 1 atom stereocenters. The van der Waals surface area contributed by atoms with Crippen molar-refractivity contribution in [3.8, 4) is 11.1 Å². The molecule has 1 unspecified atom stereocenters. The molecular weight excluding hydrogens is 396 g/mol. The maximum absolute atomic E-state index is 6.96. The van der Waals surface area contributed by atoms with Gasteiger partial charge in [-0.15, -0.1) is 0 Å². The molecular formula is C21H22BrClN2. The number of hydrogen-bond acceptors (Lipinski definition) is 1. The fourth-order valence-electron chi connectivity index (χ4n) is 4.25. The van der Waals surface area contributed by atoms with E-state index in [4.69, 9.17) is 11.6 Å². The van der Waals surface area contributed by atoms with Crippen molar-refractivity contribution < 1.29 is 0 Å². The van der Waals surface area contributed by atoms with E-state index < -0.39 is 0 Å². The first-order valence-electron chi connectivity index (χ1n) is 8.65. The molecule has 130 valence electrons. The lowest BCUT2D eigenvalue weighted by Gasteiger charge is -2.39. The molecule has 0 saturated heterocycles. The number of aromatic amines is 1. The van der Waals surface area contributed by atoms with Crippen LogP contribution in [0.4, 0.5) is 5.69 Å². The second-order valence-corrected chi connectivity index (χ2v) is 9.05. The van der Waals surface area contributed by atoms with Crippen molar-refractivity contribution in [3.05, 3.63) is 51.1 Å². The first-order chi connectivity index (χ1) is 11.8. The van der Waals surface area contributed by atoms with Crippen molar-refractivity contribution in [2.45, 2.75) is 45.6 Å². The minimum Gasteiger partial charge on any atom is -0.380 e. The smallest absolute Gasteiger partial charge is 0.0545 e. The van der Waals surface area contributed by atoms with Gasteiger partial charge in [-0.2, -0.15) is 0 Å². The lowest BCUT2D eigenvalue weighted by molar-refractivity contribution is 0.454. The molecule has 2 heterocycles. The first kappa shape index (κ1) is 17.0. The molecule has 1 aliphatic rings. The van der Waals surface area contributed by atoms with Crippen LogP contribution < -0.4 is 5.32 Å². The maximum Gasteiger partial charge on any atom is 0.0545 e. The molecule has 2 aromatic carbocycles. The van der Waals surface area contributed by atoms with Gasteiger partial charge in [0, 0.05) is 38.4 Å². The van der Waals surface area contributed by atoms with Gasteiger partial charge < -0.3 is 10.3 Å². The Kier molecular flexibility index (Phi) is 3.93. The van der Waals surface area contributed by atoms with Crippen molar-refractivity contribution in [2.24, 2.45) is 0 Å². The van der Waals surface area contributed by atoms with Crippen molar-refractivity contribution in [2.75, 3.05) is 5.32 Å². The Morgan fingerprint density at radius 2 is 2.00 bits per heavy atom. The molecule has 0 spiro atoms. The molecule has 4 heteroatoms. The lowest BCUT2D eigenvalue weighted by Crippen LogP contribution is -2.37. The van der Waals surface area contributed by atoms with Crippen LogP contribution >= 0.6 is 27.5 Å². The third kappa shape index (κ3) is 2.69. The Balaban J connectivity index is 1.99. The second kappa shape index (κ2) is 5.78. The predicted octanol–water partition coefficient (Wildman–Crippen LogP) is 7.26. The molecule has 0 bridgehead atoms. The molecule has 0 radical (unpaired) electrons. The average Bonchev–Trinajstić information content (AvgIpc) is 2.91. The van der Waals surface area contributed by atoms with Gasteiger partial charge in [0.15, 0.2) is 0 Å². The van der Waals surface area contributed by atoms with Crippen molar-refractivity contribution in [1.29, 1.82) is 0 Å². The number of rotatable bonds is 1. The second-order valence-electron chi connectivity index (χ2n) is 7.82. The highest BCUT2D eigenvalue weighted by atomic mass is 79.9. The standard InChI is InChI=1S/C21H22BrClN2/c1-11-8-15(13-6-5-7-14-16(22)10-24-20(13)14)18(23)17-12(2)9-21(3,4)25-19(11)17/h5-8,10,12,24-25H,9H2,1-4H3. The number of anilines is 1. The SMILES string of the molecule is Cc1cc(-c2cccc3c(Br)c[nH]c23)c(Cl)c2c1NC(C)(C)CC2C. The number of halogens is 2. The first-order valence-corrected chi connectivity index (χ1v) is 9.83. The summed E-state index contributed by atoms with van der Waals surface area (Å²) >= 11 is 10.6. The van der Waals surface area contributed by atoms with E-state index in [2.05, 4.69) is 78.2 Å². The van der Waals surface area contributed by atoms with Gasteiger partial charge in [-0.05, 0) is 66.2 Å². The highest BCUT2D eigenvalue weighted by Gasteiger charge is 2.33. The summed E-state index contributed by atoms with van der Waals surface area (Å²) in [6, 6.07) is 8.56. The van der Waals surface area contributed by atoms with Gasteiger partial charge in [0.1, 0.15) is 0 Å². The monoisotopic (exact) mass is 416 g/mol. The van der Waals surface area contributed by atoms with E-state index in [0.29, 0.717) is 5.92 Å². The van der Waals surface area contributed by atoms with Crippen LogP contribution in [0.5, 0.6) is 0 Å². The summed E-state index contributed by atoms with van der Waals surface area (Å²) in [6.45, 7) is 8.96. The fraction of sp³-hybridized carbons (Fsp3) is 0.333. The summed E-state index contributed by atoms with van der Waals surface area (Å²) in [5, 5.41) is 5.74. The minimum absolute atomic E-state index is 0.0896. The van der Waals surface area contributed by atoms with Gasteiger partial charge in [0.2, 0.25) is 0 Å². The number of benzene rings is 2. The Morgan fingerprint density at radius 3 is 2.76 bits per heavy atom. The normalized spacial score (nSPS) is 18.9. The summed E-state index contributed by atoms with van der Waals surface area (Å²) in [5.41, 5.74) is 7.16. The third-order valence-corrected chi connectivity index (χ3v) is 6.29. The summed E-state index contributed by atoms with van der Waals surface area (Å²) in [6.07, 6.45) is 3.06. The van der Waals surface area contributed by atoms with Gasteiger partial charge in [-0.3, -0.25) is 0 Å². The number of aromatic nitrogens is 1. The molecule has 1 aromatic heterocycles. The molecule has 2 nitrogen and oxygen atoms in total. The van der Waals surface area contributed by atoms with Crippen LogP contribution in [0.2, 0.25) is 5.02 Å². The number of aryl methyl sites for hydroxylation is 1. The van der Waals surface area contributed by atoms with E-state index in [1.807, 2.05) is 6.20 Å². The van der Waals surface area contributed by atoms with Crippen LogP contribution in [0.25, 0.3) is 22.0 Å². The highest BCUT2D eigenvalue weighted by molar-refractivity contribution is 9.10. The Hall–Kier alpha value is -1.45. The average molecular weight is 418 g/mol. The topological polar surface area (TPSA) is 27.8 Å². The summed E-state index contributed by atoms with van der Waals surface area (Å²) < 4.78 is 1.08. The van der Waals surface area contributed by atoms with E-state index in [1.54, 1.807) is 0 Å². The quantitative estimate of drug-likeness (QED) is 0.428. The van der Waals surface area contributed by atoms with E-state index in [1.165, 1.54) is 22.2 Å². The third-order valence-electron chi connectivity index (χ3n) is 5.23. The zero-order valence-corrected chi connectivity index (χ0v) is 17.3. The van der Waals surface area contributed by atoms with Gasteiger partial charge in [-0.25, -0.2) is 0 Å². The zero-order chi connectivity index (χ0) is 17.9. The van der Waals surface area contributed by atoms with Crippen LogP contribution in [-0.2, 0) is 0 Å². The Morgan fingerprint density at radius 1 is 1.24 bits per heavy atom. The number of nitrogens with one attached hydrogen (secondary N) is 2. The molecule has 0 aliphatic carbocycles. The fourth-order valence-corrected chi connectivity index (χ4v) is 5.13. The van der Waals surface area contributed by atoms with Crippen LogP contribution in [0.3, 0.4) is 0 Å². The summed E-state index contributed by atoms with van der Waals surface area (Å²) in [4.78, 5) is 3.38. The lowest BCUT2D eigenvalue weighted by atomic mass is 9.79. The summed E-state index contributed by atoms with van der Waals surface area (Å²) in [7, 11) is 0. The van der Waals surface area contributed by atoms with E-state index >= 15 is 0 Å². The highest BCUT2D eigenvalue weighted by Crippen LogP contribution is 2.48. The van der Waals surface area contributed by atoms with Gasteiger partial charge >= 0.3 is 0 Å². The predicted molar refractivity (Wildman–Crippen MR) is 112 cm³/mol. The van der Waals surface area contributed by atoms with Crippen LogP contribution in [0.15, 0.2) is 34.9 Å². The molecule has 2 N–H and O–H groups in total. The van der Waals surface area contributed by atoms with Gasteiger partial charge in [0.05, 0.1) is 10.5 Å². The minimum atomic E-state index is 0.0896. The maximum atomic E-state index is 6.96. The van der Waals surface area contributed by atoms with E-state index in [0.717, 1.165) is 32.6 Å². The molecule has 25 heavy (non-hydrogen) atoms. The number of fused-ring (bicyclic) bond motifs is 2. The van der Waals surface area contributed by atoms with Gasteiger partial charge in [-0.1, -0.05) is 36.7 Å². The van der Waals surface area contributed by atoms with Crippen LogP contribution in [-0.4, -0.2) is 10.5 Å². The molecule has 4 rings (SSSR count). The molecule has 1 aliphatic heterocycles. The Labute approximate surface area is 162 Å². The molecule has 3 aromatic rings. The van der Waals surface area contributed by atoms with Gasteiger partial charge in [0.25, 0.3) is 0 Å². The largest absolute Gasteiger partial charge is 0.380 e. The van der Waals surface area contributed by atoms with E-state index in [9.17, 15) is 0 Å². The number of H-pyrrole nitrogens is 1. The summed E-state index contributed by atoms with van der Waals surface area (Å²) in [5.74, 6) is 0.423. The number of para-hydroxylation sites is 1. The van der Waals surface area contributed by atoms with Crippen molar-refractivity contribution >= 4 is 44.1 Å². The van der Waals surface area contributed by atoms with Crippen molar-refractivity contribution in [3.63, 3.8) is 0 Å². The zero-order valence-electron chi connectivity index (χ0n) is 14.9. The van der Waals surface area contributed by atoms with Crippen LogP contribution in [0, 0.1) is 6.92 Å². The molecule has 0 saturated carbocycles. The molecule has 0 amide bonds. The van der Waals surface area contributed by atoms with Crippen molar-refractivity contribution in [1.82, 2.24) is 4.98 Å². The molecule has 0 fully saturated rings. The van der Waals surface area contributed by atoms with E-state index in [-0.39, 0.29) is 5.54 Å². The Bertz CT molecular complexity index is 987. The number of hydrogen-bond donors (Lipinski definition) is 2. The van der Waals surface area contributed by atoms with Crippen LogP contribution in [0.1, 0.15) is 44.2 Å².